The van der Waals surface area contributed by atoms with Crippen molar-refractivity contribution in [3.63, 3.8) is 0 Å². The Bertz CT molecular complexity index is 680. The van der Waals surface area contributed by atoms with Crippen LogP contribution < -0.4 is 0 Å². The van der Waals surface area contributed by atoms with Crippen molar-refractivity contribution in [3.05, 3.63) is 65.7 Å². The molecular formula is C19H19NOS. The summed E-state index contributed by atoms with van der Waals surface area (Å²) >= 11 is 4.29. The Labute approximate surface area is 136 Å². The molecule has 22 heavy (non-hydrogen) atoms. The highest BCUT2D eigenvalue weighted by molar-refractivity contribution is 7.80. The van der Waals surface area contributed by atoms with Crippen molar-refractivity contribution in [2.45, 2.75) is 41.6 Å². The molecule has 1 fully saturated rings. The van der Waals surface area contributed by atoms with E-state index in [1.807, 2.05) is 54.6 Å². The van der Waals surface area contributed by atoms with E-state index in [4.69, 9.17) is 0 Å². The van der Waals surface area contributed by atoms with Crippen LogP contribution in [0.15, 0.2) is 59.5 Å². The molecule has 112 valence electrons. The van der Waals surface area contributed by atoms with Gasteiger partial charge in [0.2, 0.25) is 0 Å². The highest BCUT2D eigenvalue weighted by Gasteiger charge is 2.43. The van der Waals surface area contributed by atoms with Gasteiger partial charge in [-0.25, -0.2) is 0 Å². The Hall–Kier alpha value is -1.76. The minimum atomic E-state index is -0.837. The maximum Gasteiger partial charge on any atom is 0.0897 e. The van der Waals surface area contributed by atoms with Crippen LogP contribution in [0.5, 0.6) is 0 Å². The Morgan fingerprint density at radius 2 is 1.45 bits per heavy atom. The average Bonchev–Trinajstić information content (AvgIpc) is 2.57. The van der Waals surface area contributed by atoms with Gasteiger partial charge in [0.15, 0.2) is 0 Å². The summed E-state index contributed by atoms with van der Waals surface area (Å²) in [6.45, 7) is 0. The summed E-state index contributed by atoms with van der Waals surface area (Å²) in [4.78, 5) is 0.888. The van der Waals surface area contributed by atoms with Gasteiger partial charge in [0.1, 0.15) is 0 Å². The molecule has 0 aromatic heterocycles. The lowest BCUT2D eigenvalue weighted by Gasteiger charge is -2.41. The zero-order chi connectivity index (χ0) is 15.6. The second kappa shape index (κ2) is 5.79. The zero-order valence-electron chi connectivity index (χ0n) is 12.4. The highest BCUT2D eigenvalue weighted by atomic mass is 32.1. The molecule has 1 N–H and O–H groups in total. The topological polar surface area (TPSA) is 44.0 Å². The van der Waals surface area contributed by atoms with E-state index in [2.05, 4.69) is 18.7 Å². The fourth-order valence-corrected chi connectivity index (χ4v) is 3.52. The SMILES string of the molecule is N#CC1(c2ccccc2)CCC(O)(c2ccc(S)cc2)CC1. The van der Waals surface area contributed by atoms with Gasteiger partial charge >= 0.3 is 0 Å². The van der Waals surface area contributed by atoms with Gasteiger partial charge in [0.25, 0.3) is 0 Å². The predicted molar refractivity (Wildman–Crippen MR) is 89.8 cm³/mol. The number of nitriles is 1. The van der Waals surface area contributed by atoms with Crippen LogP contribution in [0.4, 0.5) is 0 Å². The Morgan fingerprint density at radius 1 is 0.864 bits per heavy atom. The first-order chi connectivity index (χ1) is 10.6. The van der Waals surface area contributed by atoms with Gasteiger partial charge in [-0.15, -0.1) is 12.6 Å². The maximum absolute atomic E-state index is 11.0. The van der Waals surface area contributed by atoms with Gasteiger partial charge in [-0.05, 0) is 48.9 Å². The molecule has 0 saturated heterocycles. The van der Waals surface area contributed by atoms with Crippen LogP contribution in [-0.4, -0.2) is 5.11 Å². The van der Waals surface area contributed by atoms with Crippen LogP contribution in [0.2, 0.25) is 0 Å². The number of hydrogen-bond acceptors (Lipinski definition) is 3. The summed E-state index contributed by atoms with van der Waals surface area (Å²) in [5.74, 6) is 0. The number of thiol groups is 1. The summed E-state index contributed by atoms with van der Waals surface area (Å²) in [7, 11) is 0. The Morgan fingerprint density at radius 3 is 2.00 bits per heavy atom. The predicted octanol–water partition coefficient (Wildman–Crippen LogP) is 4.20. The summed E-state index contributed by atoms with van der Waals surface area (Å²) in [5, 5.41) is 20.7. The van der Waals surface area contributed by atoms with Crippen molar-refractivity contribution in [3.8, 4) is 6.07 Å². The van der Waals surface area contributed by atoms with Crippen LogP contribution in [0, 0.1) is 11.3 Å². The number of benzene rings is 2. The third kappa shape index (κ3) is 2.65. The molecule has 0 bridgehead atoms. The van der Waals surface area contributed by atoms with E-state index in [1.54, 1.807) is 0 Å². The second-order valence-electron chi connectivity index (χ2n) is 6.14. The highest BCUT2D eigenvalue weighted by Crippen LogP contribution is 2.46. The first-order valence-electron chi connectivity index (χ1n) is 7.57. The van der Waals surface area contributed by atoms with E-state index in [0.717, 1.165) is 16.0 Å². The molecule has 3 heteroatoms. The minimum absolute atomic E-state index is 0.475. The van der Waals surface area contributed by atoms with Gasteiger partial charge in [-0.3, -0.25) is 0 Å². The molecule has 0 radical (unpaired) electrons. The molecule has 0 heterocycles. The van der Waals surface area contributed by atoms with Crippen LogP contribution in [-0.2, 0) is 11.0 Å². The molecule has 1 aliphatic carbocycles. The molecular weight excluding hydrogens is 290 g/mol. The first-order valence-corrected chi connectivity index (χ1v) is 8.01. The molecule has 0 unspecified atom stereocenters. The summed E-state index contributed by atoms with van der Waals surface area (Å²) in [5.41, 5.74) is 0.670. The number of aliphatic hydroxyl groups is 1. The molecule has 1 aliphatic rings. The van der Waals surface area contributed by atoms with Crippen molar-refractivity contribution in [1.29, 1.82) is 5.26 Å². The minimum Gasteiger partial charge on any atom is -0.385 e. The van der Waals surface area contributed by atoms with E-state index in [1.165, 1.54) is 0 Å². The van der Waals surface area contributed by atoms with Gasteiger partial charge in [0.05, 0.1) is 17.1 Å². The zero-order valence-corrected chi connectivity index (χ0v) is 13.3. The molecule has 2 aromatic rings. The normalized spacial score (nSPS) is 28.0. The smallest absolute Gasteiger partial charge is 0.0897 e. The van der Waals surface area contributed by atoms with Crippen molar-refractivity contribution in [1.82, 2.24) is 0 Å². The molecule has 1 saturated carbocycles. The van der Waals surface area contributed by atoms with Gasteiger partial charge in [0, 0.05) is 4.90 Å². The van der Waals surface area contributed by atoms with E-state index in [9.17, 15) is 10.4 Å². The summed E-state index contributed by atoms with van der Waals surface area (Å²) in [6, 6.07) is 20.1. The number of hydrogen-bond donors (Lipinski definition) is 2. The third-order valence-electron chi connectivity index (χ3n) is 4.88. The molecule has 3 rings (SSSR count). The quantitative estimate of drug-likeness (QED) is 0.817. The van der Waals surface area contributed by atoms with E-state index in [0.29, 0.717) is 25.7 Å². The lowest BCUT2D eigenvalue weighted by Crippen LogP contribution is -2.38. The van der Waals surface area contributed by atoms with Crippen molar-refractivity contribution in [2.24, 2.45) is 0 Å². The summed E-state index contributed by atoms with van der Waals surface area (Å²) in [6.07, 6.45) is 2.54. The Balaban J connectivity index is 1.85. The van der Waals surface area contributed by atoms with E-state index < -0.39 is 11.0 Å². The van der Waals surface area contributed by atoms with Crippen molar-refractivity contribution in [2.75, 3.05) is 0 Å². The van der Waals surface area contributed by atoms with E-state index >= 15 is 0 Å². The van der Waals surface area contributed by atoms with Crippen LogP contribution in [0.3, 0.4) is 0 Å². The van der Waals surface area contributed by atoms with Crippen LogP contribution in [0.1, 0.15) is 36.8 Å². The van der Waals surface area contributed by atoms with Gasteiger partial charge in [-0.1, -0.05) is 42.5 Å². The maximum atomic E-state index is 11.0. The second-order valence-corrected chi connectivity index (χ2v) is 6.65. The molecule has 2 nitrogen and oxygen atoms in total. The summed E-state index contributed by atoms with van der Waals surface area (Å²) < 4.78 is 0. The molecule has 2 aromatic carbocycles. The van der Waals surface area contributed by atoms with Crippen LogP contribution in [0.25, 0.3) is 0 Å². The molecule has 0 amide bonds. The van der Waals surface area contributed by atoms with E-state index in [-0.39, 0.29) is 0 Å². The molecule has 0 atom stereocenters. The fraction of sp³-hybridized carbons (Fsp3) is 0.316. The number of nitrogens with zero attached hydrogens (tertiary/aromatic N) is 1. The largest absolute Gasteiger partial charge is 0.385 e. The molecule has 0 aliphatic heterocycles. The fourth-order valence-electron chi connectivity index (χ4n) is 3.37. The van der Waals surface area contributed by atoms with Crippen molar-refractivity contribution >= 4 is 12.6 Å². The van der Waals surface area contributed by atoms with Crippen molar-refractivity contribution < 1.29 is 5.11 Å². The molecule has 0 spiro atoms. The number of rotatable bonds is 2. The lowest BCUT2D eigenvalue weighted by molar-refractivity contribution is -0.0138. The third-order valence-corrected chi connectivity index (χ3v) is 5.17. The average molecular weight is 309 g/mol. The standard InChI is InChI=1S/C19H19NOS/c20-14-18(15-4-2-1-3-5-15)10-12-19(21,13-11-18)16-6-8-17(22)9-7-16/h1-9,21-22H,10-13H2. The van der Waals surface area contributed by atoms with Gasteiger partial charge < -0.3 is 5.11 Å². The van der Waals surface area contributed by atoms with Gasteiger partial charge in [-0.2, -0.15) is 5.26 Å². The van der Waals surface area contributed by atoms with Crippen LogP contribution >= 0.6 is 12.6 Å². The Kier molecular flexibility index (Phi) is 3.99. The monoisotopic (exact) mass is 309 g/mol. The first kappa shape index (κ1) is 15.1. The lowest BCUT2D eigenvalue weighted by atomic mass is 9.64.